The van der Waals surface area contributed by atoms with Crippen LogP contribution in [0.2, 0.25) is 0 Å². The van der Waals surface area contributed by atoms with Crippen molar-refractivity contribution in [2.75, 3.05) is 7.11 Å². The molecule has 0 heterocycles. The molecule has 1 aromatic rings. The van der Waals surface area contributed by atoms with Gasteiger partial charge in [0.25, 0.3) is 0 Å². The van der Waals surface area contributed by atoms with Crippen molar-refractivity contribution in [3.63, 3.8) is 0 Å². The van der Waals surface area contributed by atoms with Crippen LogP contribution in [0.1, 0.15) is 25.3 Å². The zero-order valence-electron chi connectivity index (χ0n) is 11.8. The molecule has 116 valence electrons. The second-order valence-electron chi connectivity index (χ2n) is 4.18. The quantitative estimate of drug-likeness (QED) is 0.469. The van der Waals surface area contributed by atoms with Crippen molar-refractivity contribution in [1.82, 2.24) is 0 Å². The fraction of sp³-hybridized carbons (Fsp3) is 0.357. The summed E-state index contributed by atoms with van der Waals surface area (Å²) >= 11 is -2.46. The lowest BCUT2D eigenvalue weighted by atomic mass is 10.2. The third-order valence-electron chi connectivity index (χ3n) is 2.60. The second kappa shape index (κ2) is 8.43. The molecule has 1 N–H and O–H groups in total. The summed E-state index contributed by atoms with van der Waals surface area (Å²) in [6.45, 7) is 1.80. The van der Waals surface area contributed by atoms with E-state index in [1.54, 1.807) is 13.0 Å². The van der Waals surface area contributed by atoms with Crippen LogP contribution in [0.15, 0.2) is 24.3 Å². The van der Waals surface area contributed by atoms with Gasteiger partial charge in [0.15, 0.2) is 16.9 Å². The Morgan fingerprint density at radius 3 is 2.81 bits per heavy atom. The molecule has 0 aromatic heterocycles. The molecule has 0 saturated carbocycles. The molecule has 1 aromatic carbocycles. The molecule has 0 amide bonds. The van der Waals surface area contributed by atoms with Gasteiger partial charge in [-0.25, -0.2) is 4.79 Å². The highest BCUT2D eigenvalue weighted by Gasteiger charge is 2.12. The highest BCUT2D eigenvalue weighted by molar-refractivity contribution is 7.79. The molecular weight excluding hydrogens is 296 g/mol. The van der Waals surface area contributed by atoms with E-state index in [-0.39, 0.29) is 17.9 Å². The number of phenolic OH excluding ortho intramolecular Hbond substituents is 1. The number of carbonyl (C=O) groups is 1. The average molecular weight is 313 g/mol. The summed E-state index contributed by atoms with van der Waals surface area (Å²) in [4.78, 5) is 11.6. The van der Waals surface area contributed by atoms with E-state index in [2.05, 4.69) is 0 Å². The van der Waals surface area contributed by atoms with E-state index >= 15 is 0 Å². The Bertz CT molecular complexity index is 540. The van der Waals surface area contributed by atoms with Crippen LogP contribution >= 0.6 is 0 Å². The summed E-state index contributed by atoms with van der Waals surface area (Å²) < 4.78 is 31.5. The van der Waals surface area contributed by atoms with Crippen molar-refractivity contribution in [3.8, 4) is 11.5 Å². The van der Waals surface area contributed by atoms with E-state index in [0.717, 1.165) is 6.08 Å². The first-order valence-corrected chi connectivity index (χ1v) is 7.45. The highest BCUT2D eigenvalue weighted by atomic mass is 32.2. The zero-order valence-corrected chi connectivity index (χ0v) is 12.6. The number of aromatic hydroxyl groups is 1. The minimum Gasteiger partial charge on any atom is -0.770 e. The van der Waals surface area contributed by atoms with Crippen molar-refractivity contribution >= 4 is 23.1 Å². The molecule has 2 unspecified atom stereocenters. The molecule has 0 spiro atoms. The van der Waals surface area contributed by atoms with E-state index in [1.807, 2.05) is 0 Å². The Morgan fingerprint density at radius 1 is 1.52 bits per heavy atom. The molecule has 0 saturated heterocycles. The van der Waals surface area contributed by atoms with Crippen molar-refractivity contribution < 1.29 is 28.1 Å². The Balaban J connectivity index is 2.71. The van der Waals surface area contributed by atoms with Gasteiger partial charge in [-0.1, -0.05) is 19.4 Å². The van der Waals surface area contributed by atoms with E-state index < -0.39 is 22.5 Å². The molecule has 0 bridgehead atoms. The van der Waals surface area contributed by atoms with Crippen LogP contribution in [0.5, 0.6) is 11.5 Å². The molecule has 0 aliphatic heterocycles. The summed E-state index contributed by atoms with van der Waals surface area (Å²) in [6.07, 6.45) is 3.41. The third-order valence-corrected chi connectivity index (χ3v) is 3.36. The van der Waals surface area contributed by atoms with Crippen molar-refractivity contribution in [1.29, 1.82) is 0 Å². The van der Waals surface area contributed by atoms with Gasteiger partial charge in [-0.2, -0.15) is 0 Å². The molecule has 1 rings (SSSR count). The van der Waals surface area contributed by atoms with Gasteiger partial charge in [-0.3, -0.25) is 4.21 Å². The first kappa shape index (κ1) is 17.2. The predicted octanol–water partition coefficient (Wildman–Crippen LogP) is 1.96. The van der Waals surface area contributed by atoms with E-state index in [1.165, 1.54) is 25.3 Å². The summed E-state index contributed by atoms with van der Waals surface area (Å²) in [6, 6.07) is 4.54. The Labute approximate surface area is 125 Å². The van der Waals surface area contributed by atoms with Crippen LogP contribution in [-0.4, -0.2) is 32.4 Å². The SMILES string of the molecule is CCCC(OC(=O)C=Cc1ccc(O)c(OC)c1)S(=O)[O-]. The van der Waals surface area contributed by atoms with Crippen molar-refractivity contribution in [2.45, 2.75) is 25.2 Å². The molecule has 0 aliphatic carbocycles. The normalized spacial score (nSPS) is 13.9. The predicted molar refractivity (Wildman–Crippen MR) is 77.4 cm³/mol. The van der Waals surface area contributed by atoms with Crippen LogP contribution in [0.3, 0.4) is 0 Å². The molecule has 21 heavy (non-hydrogen) atoms. The Morgan fingerprint density at radius 2 is 2.24 bits per heavy atom. The van der Waals surface area contributed by atoms with Gasteiger partial charge in [0, 0.05) is 6.08 Å². The highest BCUT2D eigenvalue weighted by Crippen LogP contribution is 2.26. The first-order chi connectivity index (χ1) is 9.97. The zero-order chi connectivity index (χ0) is 15.8. The van der Waals surface area contributed by atoms with Crippen LogP contribution in [0.4, 0.5) is 0 Å². The maximum absolute atomic E-state index is 11.6. The first-order valence-electron chi connectivity index (χ1n) is 6.31. The number of phenols is 1. The largest absolute Gasteiger partial charge is 0.770 e. The molecule has 7 heteroatoms. The second-order valence-corrected chi connectivity index (χ2v) is 5.23. The molecule has 0 aliphatic rings. The summed E-state index contributed by atoms with van der Waals surface area (Å²) in [5.74, 6) is -0.485. The van der Waals surface area contributed by atoms with E-state index in [4.69, 9.17) is 9.47 Å². The van der Waals surface area contributed by atoms with Crippen LogP contribution < -0.4 is 4.74 Å². The van der Waals surface area contributed by atoms with E-state index in [0.29, 0.717) is 12.0 Å². The summed E-state index contributed by atoms with van der Waals surface area (Å²) in [5.41, 5.74) is -0.529. The number of rotatable bonds is 7. The lowest BCUT2D eigenvalue weighted by Crippen LogP contribution is -2.21. The minimum atomic E-state index is -2.46. The van der Waals surface area contributed by atoms with E-state index in [9.17, 15) is 18.7 Å². The van der Waals surface area contributed by atoms with Crippen LogP contribution in [0, 0.1) is 0 Å². The van der Waals surface area contributed by atoms with Gasteiger partial charge in [0.2, 0.25) is 0 Å². The van der Waals surface area contributed by atoms with Gasteiger partial charge in [0.1, 0.15) is 0 Å². The third kappa shape index (κ3) is 5.57. The van der Waals surface area contributed by atoms with Gasteiger partial charge in [-0.05, 0) is 41.3 Å². The number of methoxy groups -OCH3 is 1. The van der Waals surface area contributed by atoms with Crippen molar-refractivity contribution in [2.24, 2.45) is 0 Å². The number of carbonyl (C=O) groups excluding carboxylic acids is 1. The smallest absolute Gasteiger partial charge is 0.331 e. The topological polar surface area (TPSA) is 95.9 Å². The average Bonchev–Trinajstić information content (AvgIpc) is 2.45. The van der Waals surface area contributed by atoms with Gasteiger partial charge >= 0.3 is 5.97 Å². The minimum absolute atomic E-state index is 0.0120. The van der Waals surface area contributed by atoms with Gasteiger partial charge in [-0.15, -0.1) is 0 Å². The lowest BCUT2D eigenvalue weighted by Gasteiger charge is -2.18. The lowest BCUT2D eigenvalue weighted by molar-refractivity contribution is -0.139. The standard InChI is InChI=1S/C14H18O6S/c1-3-4-14(21(17)18)20-13(16)8-6-10-5-7-11(15)12(9-10)19-2/h5-9,14-15H,3-4H2,1-2H3,(H,17,18)/p-1. The van der Waals surface area contributed by atoms with Crippen LogP contribution in [0.25, 0.3) is 6.08 Å². The molecule has 6 nitrogen and oxygen atoms in total. The molecule has 0 fully saturated rings. The number of benzene rings is 1. The number of hydrogen-bond donors (Lipinski definition) is 1. The molecule has 0 radical (unpaired) electrons. The Hall–Kier alpha value is -1.86. The monoisotopic (exact) mass is 313 g/mol. The fourth-order valence-electron chi connectivity index (χ4n) is 1.56. The number of esters is 1. The Kier molecular flexibility index (Phi) is 6.90. The fourth-order valence-corrected chi connectivity index (χ4v) is 2.16. The maximum Gasteiger partial charge on any atom is 0.331 e. The molecule has 2 atom stereocenters. The maximum atomic E-state index is 11.6. The van der Waals surface area contributed by atoms with Gasteiger partial charge in [0.05, 0.1) is 7.11 Å². The summed E-state index contributed by atoms with van der Waals surface area (Å²) in [7, 11) is 1.41. The molecular formula is C14H17O6S-. The summed E-state index contributed by atoms with van der Waals surface area (Å²) in [5, 5.41) is 9.44. The van der Waals surface area contributed by atoms with Gasteiger partial charge < -0.3 is 19.1 Å². The van der Waals surface area contributed by atoms with Crippen LogP contribution in [-0.2, 0) is 20.6 Å². The number of ether oxygens (including phenoxy) is 2. The number of hydrogen-bond acceptors (Lipinski definition) is 6. The van der Waals surface area contributed by atoms with Crippen molar-refractivity contribution in [3.05, 3.63) is 29.8 Å².